The normalized spacial score (nSPS) is 11.1. The van der Waals surface area contributed by atoms with Crippen LogP contribution in [0.3, 0.4) is 0 Å². The average Bonchev–Trinajstić information content (AvgIpc) is 2.38. The van der Waals surface area contributed by atoms with Crippen LogP contribution in [0.2, 0.25) is 5.02 Å². The number of carbonyl (C=O) groups is 2. The number of ether oxygens (including phenoxy) is 1. The Bertz CT molecular complexity index is 545. The third-order valence-electron chi connectivity index (χ3n) is 2.30. The Balaban J connectivity index is 2.39. The molecule has 0 aliphatic carbocycles. The maximum atomic E-state index is 11.5. The Labute approximate surface area is 129 Å². The van der Waals surface area contributed by atoms with Crippen LogP contribution in [-0.2, 0) is 4.79 Å². The second kappa shape index (κ2) is 7.91. The Morgan fingerprint density at radius 3 is 2.80 bits per heavy atom. The highest BCUT2D eigenvalue weighted by Gasteiger charge is 2.05. The van der Waals surface area contributed by atoms with Gasteiger partial charge in [0, 0.05) is 22.7 Å². The van der Waals surface area contributed by atoms with Crippen molar-refractivity contribution in [2.24, 2.45) is 0 Å². The fourth-order valence-corrected chi connectivity index (χ4v) is 1.65. The number of nitrogens with one attached hydrogen (secondary N) is 1. The second-order valence-corrected chi connectivity index (χ2v) is 5.13. The maximum absolute atomic E-state index is 11.5. The summed E-state index contributed by atoms with van der Waals surface area (Å²) in [5.41, 5.74) is 0.236. The van der Waals surface area contributed by atoms with E-state index in [1.54, 1.807) is 12.1 Å². The number of amides is 1. The number of hydrogen-bond donors (Lipinski definition) is 2. The van der Waals surface area contributed by atoms with Gasteiger partial charge in [-0.25, -0.2) is 9.59 Å². The molecule has 0 spiro atoms. The Hall–Kier alpha value is -1.53. The van der Waals surface area contributed by atoms with Crippen LogP contribution >= 0.6 is 27.5 Å². The fourth-order valence-electron chi connectivity index (χ4n) is 1.23. The van der Waals surface area contributed by atoms with Gasteiger partial charge in [0.15, 0.2) is 0 Å². The quantitative estimate of drug-likeness (QED) is 0.620. The molecule has 0 atom stereocenters. The third kappa shape index (κ3) is 5.63. The van der Waals surface area contributed by atoms with Crippen LogP contribution in [0, 0.1) is 0 Å². The molecule has 5 nitrogen and oxygen atoms in total. The molecule has 0 fully saturated rings. The van der Waals surface area contributed by atoms with E-state index < -0.39 is 12.1 Å². The van der Waals surface area contributed by atoms with Gasteiger partial charge in [-0.1, -0.05) is 17.7 Å². The lowest BCUT2D eigenvalue weighted by Gasteiger charge is -2.06. The maximum Gasteiger partial charge on any atom is 0.412 e. The molecule has 20 heavy (non-hydrogen) atoms. The molecule has 1 amide bonds. The van der Waals surface area contributed by atoms with Crippen molar-refractivity contribution in [3.63, 3.8) is 0 Å². The minimum atomic E-state index is -0.975. The van der Waals surface area contributed by atoms with E-state index in [0.717, 1.165) is 0 Å². The third-order valence-corrected chi connectivity index (χ3v) is 3.54. The first kappa shape index (κ1) is 16.5. The molecule has 0 radical (unpaired) electrons. The van der Waals surface area contributed by atoms with E-state index in [-0.39, 0.29) is 12.1 Å². The monoisotopic (exact) mass is 361 g/mol. The Morgan fingerprint density at radius 1 is 1.50 bits per heavy atom. The predicted octanol–water partition coefficient (Wildman–Crippen LogP) is 3.61. The molecule has 0 bridgehead atoms. The molecule has 0 saturated heterocycles. The first-order valence-corrected chi connectivity index (χ1v) is 6.88. The zero-order valence-electron chi connectivity index (χ0n) is 10.7. The van der Waals surface area contributed by atoms with Crippen molar-refractivity contribution in [1.82, 2.24) is 5.32 Å². The van der Waals surface area contributed by atoms with Gasteiger partial charge in [0.25, 0.3) is 0 Å². The van der Waals surface area contributed by atoms with Crippen molar-refractivity contribution in [2.45, 2.75) is 13.3 Å². The van der Waals surface area contributed by atoms with Gasteiger partial charge in [-0.05, 0) is 41.4 Å². The van der Waals surface area contributed by atoms with Crippen molar-refractivity contribution in [3.05, 3.63) is 39.3 Å². The largest absolute Gasteiger partial charge is 0.478 e. The lowest BCUT2D eigenvalue weighted by molar-refractivity contribution is -0.132. The molecule has 108 valence electrons. The molecule has 0 aliphatic rings. The van der Waals surface area contributed by atoms with E-state index in [1.165, 1.54) is 19.1 Å². The van der Waals surface area contributed by atoms with Crippen LogP contribution in [0.25, 0.3) is 0 Å². The summed E-state index contributed by atoms with van der Waals surface area (Å²) in [5.74, 6) is -0.648. The molecule has 0 saturated carbocycles. The van der Waals surface area contributed by atoms with Gasteiger partial charge in [-0.3, -0.25) is 0 Å². The molecule has 0 aromatic heterocycles. The number of halogens is 2. The number of carboxylic acids is 1. The standard InChI is InChI=1S/C13H13BrClNO4/c1-8(12(17)18)3-2-6-16-13(19)20-9-4-5-10(14)11(15)7-9/h3-5,7H,2,6H2,1H3,(H,16,19)(H,17,18)/b8-3+. The SMILES string of the molecule is C/C(=C\CCNC(=O)Oc1ccc(Br)c(Cl)c1)C(=O)O. The zero-order valence-corrected chi connectivity index (χ0v) is 13.0. The molecule has 2 N–H and O–H groups in total. The molecular weight excluding hydrogens is 350 g/mol. The van der Waals surface area contributed by atoms with Gasteiger partial charge in [0.2, 0.25) is 0 Å². The molecule has 0 heterocycles. The van der Waals surface area contributed by atoms with Gasteiger partial charge in [0.05, 0.1) is 5.02 Å². The topological polar surface area (TPSA) is 75.6 Å². The first-order valence-electron chi connectivity index (χ1n) is 5.71. The molecule has 7 heteroatoms. The average molecular weight is 363 g/mol. The highest BCUT2D eigenvalue weighted by Crippen LogP contribution is 2.26. The van der Waals surface area contributed by atoms with E-state index in [9.17, 15) is 9.59 Å². The van der Waals surface area contributed by atoms with Gasteiger partial charge in [-0.15, -0.1) is 0 Å². The smallest absolute Gasteiger partial charge is 0.412 e. The summed E-state index contributed by atoms with van der Waals surface area (Å²) in [6.07, 6.45) is 1.32. The number of carbonyl (C=O) groups excluding carboxylic acids is 1. The number of carboxylic acid groups (broad SMARTS) is 1. The summed E-state index contributed by atoms with van der Waals surface area (Å²) in [6.45, 7) is 1.78. The van der Waals surface area contributed by atoms with Crippen LogP contribution < -0.4 is 10.1 Å². The highest BCUT2D eigenvalue weighted by molar-refractivity contribution is 9.10. The van der Waals surface area contributed by atoms with Gasteiger partial charge >= 0.3 is 12.1 Å². The number of hydrogen-bond acceptors (Lipinski definition) is 3. The van der Waals surface area contributed by atoms with Crippen molar-refractivity contribution in [2.75, 3.05) is 6.54 Å². The van der Waals surface area contributed by atoms with E-state index in [0.29, 0.717) is 21.7 Å². The lowest BCUT2D eigenvalue weighted by Crippen LogP contribution is -2.27. The summed E-state index contributed by atoms with van der Waals surface area (Å²) in [5, 5.41) is 11.6. The number of benzene rings is 1. The molecule has 1 aromatic rings. The summed E-state index contributed by atoms with van der Waals surface area (Å²) in [7, 11) is 0. The van der Waals surface area contributed by atoms with Crippen molar-refractivity contribution in [3.8, 4) is 5.75 Å². The molecule has 1 aromatic carbocycles. The van der Waals surface area contributed by atoms with Crippen LogP contribution in [0.1, 0.15) is 13.3 Å². The molecule has 0 aliphatic heterocycles. The molecule has 1 rings (SSSR count). The second-order valence-electron chi connectivity index (χ2n) is 3.87. The van der Waals surface area contributed by atoms with E-state index in [2.05, 4.69) is 21.2 Å². The Morgan fingerprint density at radius 2 is 2.20 bits per heavy atom. The minimum absolute atomic E-state index is 0.236. The van der Waals surface area contributed by atoms with Gasteiger partial charge in [0.1, 0.15) is 5.75 Å². The first-order chi connectivity index (χ1) is 9.40. The predicted molar refractivity (Wildman–Crippen MR) is 79.2 cm³/mol. The summed E-state index contributed by atoms with van der Waals surface area (Å²) in [6, 6.07) is 4.79. The van der Waals surface area contributed by atoms with Gasteiger partial charge < -0.3 is 15.2 Å². The van der Waals surface area contributed by atoms with Gasteiger partial charge in [-0.2, -0.15) is 0 Å². The minimum Gasteiger partial charge on any atom is -0.478 e. The van der Waals surface area contributed by atoms with Crippen LogP contribution in [0.5, 0.6) is 5.75 Å². The van der Waals surface area contributed by atoms with Crippen LogP contribution in [0.4, 0.5) is 4.79 Å². The molecular formula is C13H13BrClNO4. The molecule has 0 unspecified atom stereocenters. The van der Waals surface area contributed by atoms with Crippen molar-refractivity contribution >= 4 is 39.6 Å². The lowest BCUT2D eigenvalue weighted by atomic mass is 10.2. The van der Waals surface area contributed by atoms with Crippen molar-refractivity contribution in [1.29, 1.82) is 0 Å². The summed E-state index contributed by atoms with van der Waals surface area (Å²) < 4.78 is 5.72. The van der Waals surface area contributed by atoms with Crippen molar-refractivity contribution < 1.29 is 19.4 Å². The summed E-state index contributed by atoms with van der Waals surface area (Å²) in [4.78, 5) is 22.0. The van der Waals surface area contributed by atoms with E-state index >= 15 is 0 Å². The zero-order chi connectivity index (χ0) is 15.1. The number of rotatable bonds is 5. The summed E-state index contributed by atoms with van der Waals surface area (Å²) >= 11 is 9.10. The van der Waals surface area contributed by atoms with Crippen LogP contribution in [-0.4, -0.2) is 23.7 Å². The Kier molecular flexibility index (Phi) is 6.54. The van der Waals surface area contributed by atoms with Crippen LogP contribution in [0.15, 0.2) is 34.3 Å². The van der Waals surface area contributed by atoms with E-state index in [1.807, 2.05) is 0 Å². The highest BCUT2D eigenvalue weighted by atomic mass is 79.9. The van der Waals surface area contributed by atoms with E-state index in [4.69, 9.17) is 21.4 Å². The fraction of sp³-hybridized carbons (Fsp3) is 0.231. The number of aliphatic carboxylic acids is 1.